The summed E-state index contributed by atoms with van der Waals surface area (Å²) in [5.74, 6) is -0.111. The number of para-hydroxylation sites is 1. The molecule has 0 radical (unpaired) electrons. The Morgan fingerprint density at radius 2 is 2.11 bits per heavy atom. The molecule has 8 heteroatoms. The fraction of sp³-hybridized carbons (Fsp3) is 0.316. The summed E-state index contributed by atoms with van der Waals surface area (Å²) < 4.78 is 3.80. The molecule has 0 saturated carbocycles. The maximum absolute atomic E-state index is 12.4. The number of hydrogen-bond donors (Lipinski definition) is 2. The second kappa shape index (κ2) is 8.37. The molecule has 0 unspecified atom stereocenters. The molecule has 4 rings (SSSR count). The Labute approximate surface area is 162 Å². The Hall–Kier alpha value is -2.64. The molecule has 0 saturated heterocycles. The molecule has 0 bridgehead atoms. The summed E-state index contributed by atoms with van der Waals surface area (Å²) in [5, 5.41) is 11.5. The van der Waals surface area contributed by atoms with Crippen molar-refractivity contribution in [1.82, 2.24) is 25.0 Å². The molecule has 27 heavy (non-hydrogen) atoms. The van der Waals surface area contributed by atoms with Crippen LogP contribution < -0.4 is 16.1 Å². The van der Waals surface area contributed by atoms with Crippen LogP contribution in [-0.4, -0.2) is 26.8 Å². The summed E-state index contributed by atoms with van der Waals surface area (Å²) in [6, 6.07) is 10.8. The summed E-state index contributed by atoms with van der Waals surface area (Å²) in [6.07, 6.45) is 2.72. The molecule has 1 aromatic carbocycles. The van der Waals surface area contributed by atoms with E-state index < -0.39 is 0 Å². The van der Waals surface area contributed by atoms with E-state index >= 15 is 0 Å². The molecule has 7 nitrogen and oxygen atoms in total. The second-order valence-corrected chi connectivity index (χ2v) is 6.48. The summed E-state index contributed by atoms with van der Waals surface area (Å²) in [7, 11) is 0. The number of halogens is 1. The number of pyridine rings is 1. The molecule has 3 aromatic rings. The molecule has 2 aromatic heterocycles. The van der Waals surface area contributed by atoms with Crippen LogP contribution in [0.15, 0.2) is 47.4 Å². The standard InChI is InChI=1S/C19H21N5O2.ClH/c25-18-6-9-23(17-5-2-1-4-16(17)18)13-19(26)21-11-14-10-15-12-20-7-3-8-24(15)22-14;/h1-2,4-6,9-10,20H,3,7-8,11-13H2,(H,21,26);1H. The number of carbonyl (C=O) groups excluding carboxylic acids is 1. The predicted molar refractivity (Wildman–Crippen MR) is 106 cm³/mol. The van der Waals surface area contributed by atoms with Crippen molar-refractivity contribution in [2.45, 2.75) is 32.6 Å². The van der Waals surface area contributed by atoms with Gasteiger partial charge in [0.2, 0.25) is 5.91 Å². The minimum Gasteiger partial charge on any atom is -0.349 e. The van der Waals surface area contributed by atoms with E-state index in [4.69, 9.17) is 0 Å². The van der Waals surface area contributed by atoms with Crippen molar-refractivity contribution in [2.75, 3.05) is 6.54 Å². The Bertz CT molecular complexity index is 987. The summed E-state index contributed by atoms with van der Waals surface area (Å²) in [5.41, 5.74) is 2.74. The number of nitrogens with one attached hydrogen (secondary N) is 2. The van der Waals surface area contributed by atoms with Gasteiger partial charge in [0.15, 0.2) is 5.43 Å². The largest absolute Gasteiger partial charge is 0.349 e. The Morgan fingerprint density at radius 1 is 1.26 bits per heavy atom. The molecule has 1 aliphatic heterocycles. The number of carbonyl (C=O) groups is 1. The van der Waals surface area contributed by atoms with Crippen molar-refractivity contribution >= 4 is 29.2 Å². The van der Waals surface area contributed by atoms with Crippen LogP contribution in [0.1, 0.15) is 17.8 Å². The van der Waals surface area contributed by atoms with Crippen molar-refractivity contribution < 1.29 is 4.79 Å². The van der Waals surface area contributed by atoms with Gasteiger partial charge in [-0.1, -0.05) is 12.1 Å². The first kappa shape index (κ1) is 19.1. The summed E-state index contributed by atoms with van der Waals surface area (Å²) in [6.45, 7) is 3.28. The Kier molecular flexibility index (Phi) is 5.93. The van der Waals surface area contributed by atoms with Crippen molar-refractivity contribution in [3.8, 4) is 0 Å². The molecule has 0 fully saturated rings. The number of hydrogen-bond acceptors (Lipinski definition) is 4. The maximum Gasteiger partial charge on any atom is 0.240 e. The number of benzene rings is 1. The van der Waals surface area contributed by atoms with E-state index in [-0.39, 0.29) is 30.3 Å². The van der Waals surface area contributed by atoms with Gasteiger partial charge >= 0.3 is 0 Å². The predicted octanol–water partition coefficient (Wildman–Crippen LogP) is 1.43. The third kappa shape index (κ3) is 4.20. The van der Waals surface area contributed by atoms with Gasteiger partial charge in [-0.15, -0.1) is 12.4 Å². The van der Waals surface area contributed by atoms with Gasteiger partial charge in [-0.3, -0.25) is 14.3 Å². The highest BCUT2D eigenvalue weighted by atomic mass is 35.5. The fourth-order valence-corrected chi connectivity index (χ4v) is 3.31. The normalized spacial score (nSPS) is 13.5. The van der Waals surface area contributed by atoms with E-state index in [1.807, 2.05) is 28.9 Å². The molecule has 0 aliphatic carbocycles. The molecule has 3 heterocycles. The number of aryl methyl sites for hydroxylation is 1. The lowest BCUT2D eigenvalue weighted by atomic mass is 10.2. The lowest BCUT2D eigenvalue weighted by molar-refractivity contribution is -0.121. The first-order valence-corrected chi connectivity index (χ1v) is 8.82. The van der Waals surface area contributed by atoms with Crippen molar-refractivity contribution in [3.05, 3.63) is 64.2 Å². The molecule has 0 atom stereocenters. The van der Waals surface area contributed by atoms with Gasteiger partial charge in [0.05, 0.1) is 23.4 Å². The number of aromatic nitrogens is 3. The van der Waals surface area contributed by atoms with Gasteiger partial charge in [-0.2, -0.15) is 5.10 Å². The third-order valence-corrected chi connectivity index (χ3v) is 4.61. The highest BCUT2D eigenvalue weighted by Crippen LogP contribution is 2.10. The first-order valence-electron chi connectivity index (χ1n) is 8.82. The van der Waals surface area contributed by atoms with Crippen molar-refractivity contribution in [2.24, 2.45) is 0 Å². The molecular weight excluding hydrogens is 366 g/mol. The van der Waals surface area contributed by atoms with Gasteiger partial charge in [-0.05, 0) is 31.2 Å². The van der Waals surface area contributed by atoms with E-state index in [0.29, 0.717) is 11.9 Å². The van der Waals surface area contributed by atoms with E-state index in [9.17, 15) is 9.59 Å². The molecule has 2 N–H and O–H groups in total. The molecular formula is C19H22ClN5O2. The van der Waals surface area contributed by atoms with Crippen LogP contribution in [0.4, 0.5) is 0 Å². The molecule has 0 spiro atoms. The fourth-order valence-electron chi connectivity index (χ4n) is 3.31. The third-order valence-electron chi connectivity index (χ3n) is 4.61. The minimum atomic E-state index is -0.111. The molecule has 142 valence electrons. The van der Waals surface area contributed by atoms with Crippen LogP contribution in [0.5, 0.6) is 0 Å². The lowest BCUT2D eigenvalue weighted by Crippen LogP contribution is -2.28. The van der Waals surface area contributed by atoms with E-state index in [0.717, 1.165) is 43.0 Å². The molecule has 1 amide bonds. The van der Waals surface area contributed by atoms with Gasteiger partial charge < -0.3 is 15.2 Å². The van der Waals surface area contributed by atoms with E-state index in [1.165, 1.54) is 6.07 Å². The minimum absolute atomic E-state index is 0. The van der Waals surface area contributed by atoms with E-state index in [1.54, 1.807) is 16.8 Å². The Balaban J connectivity index is 0.00000210. The van der Waals surface area contributed by atoms with Gasteiger partial charge in [0.25, 0.3) is 0 Å². The quantitative estimate of drug-likeness (QED) is 0.709. The summed E-state index contributed by atoms with van der Waals surface area (Å²) >= 11 is 0. The van der Waals surface area contributed by atoms with Gasteiger partial charge in [-0.25, -0.2) is 0 Å². The number of nitrogens with zero attached hydrogens (tertiary/aromatic N) is 3. The number of amides is 1. The Morgan fingerprint density at radius 3 is 3.00 bits per heavy atom. The highest BCUT2D eigenvalue weighted by Gasteiger charge is 2.12. The molecule has 1 aliphatic rings. The van der Waals surface area contributed by atoms with Crippen LogP contribution in [-0.2, 0) is 31.0 Å². The van der Waals surface area contributed by atoms with Crippen molar-refractivity contribution in [1.29, 1.82) is 0 Å². The van der Waals surface area contributed by atoms with Gasteiger partial charge in [0, 0.05) is 30.7 Å². The van der Waals surface area contributed by atoms with Crippen LogP contribution >= 0.6 is 12.4 Å². The van der Waals surface area contributed by atoms with Crippen LogP contribution in [0.3, 0.4) is 0 Å². The van der Waals surface area contributed by atoms with Crippen molar-refractivity contribution in [3.63, 3.8) is 0 Å². The zero-order chi connectivity index (χ0) is 17.9. The van der Waals surface area contributed by atoms with Crippen LogP contribution in [0, 0.1) is 0 Å². The van der Waals surface area contributed by atoms with Crippen LogP contribution in [0.25, 0.3) is 10.9 Å². The zero-order valence-corrected chi connectivity index (χ0v) is 15.7. The zero-order valence-electron chi connectivity index (χ0n) is 14.9. The summed E-state index contributed by atoms with van der Waals surface area (Å²) in [4.78, 5) is 24.3. The monoisotopic (exact) mass is 387 g/mol. The first-order chi connectivity index (χ1) is 12.7. The smallest absolute Gasteiger partial charge is 0.240 e. The number of fused-ring (bicyclic) bond motifs is 2. The highest BCUT2D eigenvalue weighted by molar-refractivity contribution is 5.85. The lowest BCUT2D eigenvalue weighted by Gasteiger charge is -2.10. The number of rotatable bonds is 4. The van der Waals surface area contributed by atoms with Crippen LogP contribution in [0.2, 0.25) is 0 Å². The average Bonchev–Trinajstić information content (AvgIpc) is 2.92. The van der Waals surface area contributed by atoms with E-state index in [2.05, 4.69) is 15.7 Å². The topological polar surface area (TPSA) is 81.0 Å². The second-order valence-electron chi connectivity index (χ2n) is 6.48. The van der Waals surface area contributed by atoms with Gasteiger partial charge in [0.1, 0.15) is 6.54 Å². The maximum atomic E-state index is 12.4. The average molecular weight is 388 g/mol. The SMILES string of the molecule is Cl.O=C(Cn1ccc(=O)c2ccccc21)NCc1cc2n(n1)CCCNC2.